The summed E-state index contributed by atoms with van der Waals surface area (Å²) in [5, 5.41) is 3.48. The lowest BCUT2D eigenvalue weighted by atomic mass is 10.0. The van der Waals surface area contributed by atoms with Crippen molar-refractivity contribution in [2.45, 2.75) is 26.5 Å². The highest BCUT2D eigenvalue weighted by Crippen LogP contribution is 2.33. The summed E-state index contributed by atoms with van der Waals surface area (Å²) < 4.78 is 16.8. The van der Waals surface area contributed by atoms with Gasteiger partial charge < -0.3 is 19.5 Å². The second kappa shape index (κ2) is 6.46. The van der Waals surface area contributed by atoms with Crippen LogP contribution in [0, 0.1) is 6.92 Å². The zero-order valence-corrected chi connectivity index (χ0v) is 15.0. The van der Waals surface area contributed by atoms with Gasteiger partial charge in [0.15, 0.2) is 11.5 Å². The summed E-state index contributed by atoms with van der Waals surface area (Å²) in [5.74, 6) is 4.08. The van der Waals surface area contributed by atoms with Crippen LogP contribution in [0.15, 0.2) is 42.5 Å². The molecule has 0 amide bonds. The van der Waals surface area contributed by atoms with Gasteiger partial charge in [-0.05, 0) is 36.2 Å². The molecule has 0 aliphatic carbocycles. The summed E-state index contributed by atoms with van der Waals surface area (Å²) >= 11 is 0. The van der Waals surface area contributed by atoms with Gasteiger partial charge in [-0.15, -0.1) is 0 Å². The first-order valence-electron chi connectivity index (χ1n) is 8.96. The Hall–Kier alpha value is -3.28. The smallest absolute Gasteiger partial charge is 0.231 e. The largest absolute Gasteiger partial charge is 0.487 e. The van der Waals surface area contributed by atoms with E-state index < -0.39 is 0 Å². The highest BCUT2D eigenvalue weighted by atomic mass is 16.7. The Morgan fingerprint density at radius 3 is 2.81 bits per heavy atom. The van der Waals surface area contributed by atoms with E-state index in [4.69, 9.17) is 14.2 Å². The number of hydrogen-bond acceptors (Lipinski definition) is 6. The van der Waals surface area contributed by atoms with E-state index in [1.54, 1.807) is 0 Å². The number of fused-ring (bicyclic) bond motifs is 3. The Morgan fingerprint density at radius 1 is 0.963 bits per heavy atom. The van der Waals surface area contributed by atoms with Gasteiger partial charge in [0, 0.05) is 18.5 Å². The molecule has 3 heterocycles. The SMILES string of the molecule is Cc1nc2c(c(NCc3ccc4c(c3)OCO4)n1)Cc1ccccc1OC2. The summed E-state index contributed by atoms with van der Waals surface area (Å²) in [6, 6.07) is 14.1. The second-order valence-corrected chi connectivity index (χ2v) is 6.66. The zero-order chi connectivity index (χ0) is 18.2. The van der Waals surface area contributed by atoms with Crippen LogP contribution < -0.4 is 19.5 Å². The van der Waals surface area contributed by atoms with Crippen LogP contribution in [0.4, 0.5) is 5.82 Å². The lowest BCUT2D eigenvalue weighted by Gasteiger charge is -2.14. The van der Waals surface area contributed by atoms with Crippen molar-refractivity contribution in [3.05, 3.63) is 70.7 Å². The van der Waals surface area contributed by atoms with Crippen LogP contribution in [-0.4, -0.2) is 16.8 Å². The van der Waals surface area contributed by atoms with Gasteiger partial charge in [-0.1, -0.05) is 24.3 Å². The fourth-order valence-electron chi connectivity index (χ4n) is 3.47. The number of aryl methyl sites for hydroxylation is 1. The third kappa shape index (κ3) is 3.03. The average Bonchev–Trinajstić information content (AvgIpc) is 3.07. The Morgan fingerprint density at radius 2 is 1.85 bits per heavy atom. The molecule has 0 spiro atoms. The number of nitrogens with one attached hydrogen (secondary N) is 1. The van der Waals surface area contributed by atoms with Gasteiger partial charge in [-0.25, -0.2) is 9.97 Å². The highest BCUT2D eigenvalue weighted by molar-refractivity contribution is 5.53. The minimum absolute atomic E-state index is 0.282. The van der Waals surface area contributed by atoms with E-state index in [1.165, 1.54) is 0 Å². The van der Waals surface area contributed by atoms with E-state index in [-0.39, 0.29) is 6.79 Å². The van der Waals surface area contributed by atoms with Crippen molar-refractivity contribution in [2.75, 3.05) is 12.1 Å². The lowest BCUT2D eigenvalue weighted by Crippen LogP contribution is -2.11. The summed E-state index contributed by atoms with van der Waals surface area (Å²) in [5.41, 5.74) is 4.28. The predicted molar refractivity (Wildman–Crippen MR) is 100 cm³/mol. The van der Waals surface area contributed by atoms with Gasteiger partial charge in [-0.3, -0.25) is 0 Å². The molecule has 0 saturated carbocycles. The topological polar surface area (TPSA) is 65.5 Å². The maximum atomic E-state index is 5.95. The van der Waals surface area contributed by atoms with Crippen LogP contribution in [0.3, 0.4) is 0 Å². The van der Waals surface area contributed by atoms with E-state index in [9.17, 15) is 0 Å². The molecule has 0 fully saturated rings. The number of para-hydroxylation sites is 1. The number of rotatable bonds is 3. The first-order valence-corrected chi connectivity index (χ1v) is 8.96. The Labute approximate surface area is 157 Å². The molecule has 3 aromatic rings. The van der Waals surface area contributed by atoms with E-state index in [0.29, 0.717) is 13.2 Å². The van der Waals surface area contributed by atoms with Crippen molar-refractivity contribution in [1.29, 1.82) is 0 Å². The molecule has 1 aromatic heterocycles. The fourth-order valence-corrected chi connectivity index (χ4v) is 3.47. The molecule has 5 rings (SSSR count). The van der Waals surface area contributed by atoms with Crippen molar-refractivity contribution in [2.24, 2.45) is 0 Å². The predicted octanol–water partition coefficient (Wildman–Crippen LogP) is 3.61. The monoisotopic (exact) mass is 361 g/mol. The zero-order valence-electron chi connectivity index (χ0n) is 15.0. The van der Waals surface area contributed by atoms with Gasteiger partial charge in [0.2, 0.25) is 6.79 Å². The van der Waals surface area contributed by atoms with Crippen LogP contribution in [0.25, 0.3) is 0 Å². The van der Waals surface area contributed by atoms with Gasteiger partial charge in [0.05, 0.1) is 5.69 Å². The summed E-state index contributed by atoms with van der Waals surface area (Å²) in [7, 11) is 0. The normalized spacial score (nSPS) is 14.0. The summed E-state index contributed by atoms with van der Waals surface area (Å²) in [4.78, 5) is 9.26. The second-order valence-electron chi connectivity index (χ2n) is 6.66. The molecule has 6 nitrogen and oxygen atoms in total. The molecule has 0 saturated heterocycles. The third-order valence-electron chi connectivity index (χ3n) is 4.81. The number of anilines is 1. The minimum Gasteiger partial charge on any atom is -0.487 e. The average molecular weight is 361 g/mol. The molecule has 27 heavy (non-hydrogen) atoms. The molecule has 0 atom stereocenters. The molecule has 2 aliphatic heterocycles. The molecule has 0 unspecified atom stereocenters. The molecule has 1 N–H and O–H groups in total. The first-order chi connectivity index (χ1) is 13.3. The van der Waals surface area contributed by atoms with Gasteiger partial charge in [-0.2, -0.15) is 0 Å². The standard InChI is InChI=1S/C21H19N3O3/c1-13-23-17-11-25-18-5-3-2-4-15(18)9-16(17)21(24-13)22-10-14-6-7-19-20(8-14)27-12-26-19/h2-8H,9-12H2,1H3,(H,22,23,24). The molecule has 0 radical (unpaired) electrons. The highest BCUT2D eigenvalue weighted by Gasteiger charge is 2.20. The van der Waals surface area contributed by atoms with Gasteiger partial charge in [0.25, 0.3) is 0 Å². The van der Waals surface area contributed by atoms with Crippen molar-refractivity contribution >= 4 is 5.82 Å². The molecule has 136 valence electrons. The third-order valence-corrected chi connectivity index (χ3v) is 4.81. The van der Waals surface area contributed by atoms with Crippen LogP contribution in [0.1, 0.15) is 28.2 Å². The quantitative estimate of drug-likeness (QED) is 0.769. The van der Waals surface area contributed by atoms with E-state index in [0.717, 1.165) is 57.7 Å². The van der Waals surface area contributed by atoms with Gasteiger partial charge >= 0.3 is 0 Å². The molecular weight excluding hydrogens is 342 g/mol. The van der Waals surface area contributed by atoms with Crippen LogP contribution in [0.2, 0.25) is 0 Å². The minimum atomic E-state index is 0.282. The number of aromatic nitrogens is 2. The summed E-state index contributed by atoms with van der Waals surface area (Å²) in [6.45, 7) is 3.28. The van der Waals surface area contributed by atoms with E-state index in [2.05, 4.69) is 21.4 Å². The fraction of sp³-hybridized carbons (Fsp3) is 0.238. The van der Waals surface area contributed by atoms with Crippen LogP contribution in [0.5, 0.6) is 17.2 Å². The van der Waals surface area contributed by atoms with Crippen molar-refractivity contribution in [3.63, 3.8) is 0 Å². The number of hydrogen-bond donors (Lipinski definition) is 1. The van der Waals surface area contributed by atoms with Crippen molar-refractivity contribution in [1.82, 2.24) is 9.97 Å². The lowest BCUT2D eigenvalue weighted by molar-refractivity contribution is 0.174. The van der Waals surface area contributed by atoms with Gasteiger partial charge in [0.1, 0.15) is 24.0 Å². The summed E-state index contributed by atoms with van der Waals surface area (Å²) in [6.07, 6.45) is 0.745. The van der Waals surface area contributed by atoms with E-state index >= 15 is 0 Å². The molecule has 2 aliphatic rings. The first kappa shape index (κ1) is 15.9. The molecular formula is C21H19N3O3. The molecule has 6 heteroatoms. The number of ether oxygens (including phenoxy) is 3. The molecule has 0 bridgehead atoms. The van der Waals surface area contributed by atoms with Crippen molar-refractivity contribution < 1.29 is 14.2 Å². The Balaban J connectivity index is 1.44. The van der Waals surface area contributed by atoms with Crippen LogP contribution in [-0.2, 0) is 19.6 Å². The number of nitrogens with zero attached hydrogens (tertiary/aromatic N) is 2. The Kier molecular flexibility index (Phi) is 3.81. The van der Waals surface area contributed by atoms with Crippen molar-refractivity contribution in [3.8, 4) is 17.2 Å². The maximum absolute atomic E-state index is 5.95. The molecule has 2 aromatic carbocycles. The number of benzene rings is 2. The maximum Gasteiger partial charge on any atom is 0.231 e. The van der Waals surface area contributed by atoms with Crippen LogP contribution >= 0.6 is 0 Å². The Bertz CT molecular complexity index is 1020. The van der Waals surface area contributed by atoms with E-state index in [1.807, 2.05) is 43.3 Å².